The Bertz CT molecular complexity index is 1400. The van der Waals surface area contributed by atoms with Crippen LogP contribution in [-0.4, -0.2) is 9.97 Å². The van der Waals surface area contributed by atoms with Crippen LogP contribution in [0.5, 0.6) is 0 Å². The van der Waals surface area contributed by atoms with E-state index in [4.69, 9.17) is 14.4 Å². The minimum absolute atomic E-state index is 0.740. The van der Waals surface area contributed by atoms with Gasteiger partial charge < -0.3 is 4.42 Å². The summed E-state index contributed by atoms with van der Waals surface area (Å²) in [4.78, 5) is 9.88. The molecule has 3 heteroatoms. The van der Waals surface area contributed by atoms with Crippen molar-refractivity contribution in [3.8, 4) is 22.6 Å². The predicted octanol–water partition coefficient (Wildman–Crippen LogP) is 6.67. The van der Waals surface area contributed by atoms with Crippen LogP contribution in [-0.2, 0) is 6.42 Å². The molecule has 138 valence electrons. The van der Waals surface area contributed by atoms with Gasteiger partial charge in [0.25, 0.3) is 0 Å². The number of hydrogen-bond donors (Lipinski definition) is 0. The maximum Gasteiger partial charge on any atom is 0.160 e. The fourth-order valence-electron chi connectivity index (χ4n) is 4.19. The molecule has 0 saturated heterocycles. The Morgan fingerprint density at radius 1 is 0.793 bits per heavy atom. The lowest BCUT2D eigenvalue weighted by atomic mass is 9.96. The smallest absolute Gasteiger partial charge is 0.160 e. The van der Waals surface area contributed by atoms with Crippen LogP contribution in [0.2, 0.25) is 0 Å². The molecule has 0 fully saturated rings. The highest BCUT2D eigenvalue weighted by Crippen LogP contribution is 2.39. The fourth-order valence-corrected chi connectivity index (χ4v) is 4.19. The number of fused-ring (bicyclic) bond motifs is 4. The van der Waals surface area contributed by atoms with Gasteiger partial charge in [-0.05, 0) is 18.6 Å². The molecule has 0 spiro atoms. The van der Waals surface area contributed by atoms with Gasteiger partial charge in [0, 0.05) is 33.9 Å². The van der Waals surface area contributed by atoms with Crippen LogP contribution in [0.15, 0.2) is 83.3 Å². The standard InChI is InChI=1S/C26H18N2O/c1-2-9-17(10-3-1)26-27-21-14-6-4-11-18(21)25(28-26)20-13-8-16-23-24(20)19-12-5-7-15-22(19)29-23/h1-6,8-14,16H,7,15H2. The summed E-state index contributed by atoms with van der Waals surface area (Å²) < 4.78 is 6.18. The molecule has 0 atom stereocenters. The Balaban J connectivity index is 1.70. The first-order valence-electron chi connectivity index (χ1n) is 9.92. The first kappa shape index (κ1) is 16.3. The number of hydrogen-bond acceptors (Lipinski definition) is 3. The van der Waals surface area contributed by atoms with Crippen LogP contribution in [0.3, 0.4) is 0 Å². The summed E-state index contributed by atoms with van der Waals surface area (Å²) in [6.45, 7) is 0. The summed E-state index contributed by atoms with van der Waals surface area (Å²) >= 11 is 0. The van der Waals surface area contributed by atoms with Crippen molar-refractivity contribution in [2.45, 2.75) is 12.8 Å². The zero-order chi connectivity index (χ0) is 19.2. The molecule has 3 aromatic carbocycles. The first-order chi connectivity index (χ1) is 14.4. The lowest BCUT2D eigenvalue weighted by molar-refractivity contribution is 0.546. The average Bonchev–Trinajstić information content (AvgIpc) is 3.18. The zero-order valence-corrected chi connectivity index (χ0v) is 15.8. The molecule has 2 heterocycles. The molecule has 0 aliphatic heterocycles. The number of allylic oxidation sites excluding steroid dienone is 1. The Kier molecular flexibility index (Phi) is 3.60. The second-order valence-corrected chi connectivity index (χ2v) is 7.34. The van der Waals surface area contributed by atoms with Gasteiger partial charge in [-0.25, -0.2) is 9.97 Å². The third-order valence-electron chi connectivity index (χ3n) is 5.54. The molecule has 6 rings (SSSR count). The molecule has 29 heavy (non-hydrogen) atoms. The average molecular weight is 374 g/mol. The maximum absolute atomic E-state index is 6.18. The molecule has 0 amide bonds. The quantitative estimate of drug-likeness (QED) is 0.346. The second kappa shape index (κ2) is 6.42. The lowest BCUT2D eigenvalue weighted by Gasteiger charge is -2.11. The monoisotopic (exact) mass is 374 g/mol. The van der Waals surface area contributed by atoms with Gasteiger partial charge in [0.05, 0.1) is 11.2 Å². The van der Waals surface area contributed by atoms with Gasteiger partial charge >= 0.3 is 0 Å². The largest absolute Gasteiger partial charge is 0.460 e. The number of nitrogens with zero attached hydrogens (tertiary/aromatic N) is 2. The maximum atomic E-state index is 6.18. The van der Waals surface area contributed by atoms with E-state index in [-0.39, 0.29) is 0 Å². The van der Waals surface area contributed by atoms with Crippen molar-refractivity contribution in [3.05, 3.63) is 90.2 Å². The van der Waals surface area contributed by atoms with Crippen LogP contribution < -0.4 is 0 Å². The summed E-state index contributed by atoms with van der Waals surface area (Å²) in [6.07, 6.45) is 6.38. The van der Waals surface area contributed by atoms with E-state index in [0.717, 1.165) is 63.1 Å². The highest BCUT2D eigenvalue weighted by atomic mass is 16.3. The van der Waals surface area contributed by atoms with Crippen molar-refractivity contribution in [2.75, 3.05) is 0 Å². The van der Waals surface area contributed by atoms with Crippen molar-refractivity contribution in [1.82, 2.24) is 9.97 Å². The van der Waals surface area contributed by atoms with Gasteiger partial charge in [0.2, 0.25) is 0 Å². The third-order valence-corrected chi connectivity index (χ3v) is 5.54. The molecular weight excluding hydrogens is 356 g/mol. The molecule has 0 bridgehead atoms. The van der Waals surface area contributed by atoms with Gasteiger partial charge in [-0.1, -0.05) is 72.8 Å². The van der Waals surface area contributed by atoms with Gasteiger partial charge in [-0.3, -0.25) is 0 Å². The third kappa shape index (κ3) is 2.59. The highest BCUT2D eigenvalue weighted by molar-refractivity contribution is 6.06. The van der Waals surface area contributed by atoms with Crippen molar-refractivity contribution in [2.24, 2.45) is 0 Å². The second-order valence-electron chi connectivity index (χ2n) is 7.34. The van der Waals surface area contributed by atoms with E-state index in [1.807, 2.05) is 36.4 Å². The molecule has 0 saturated carbocycles. The molecule has 5 aromatic rings. The summed E-state index contributed by atoms with van der Waals surface area (Å²) in [5.74, 6) is 1.81. The number of benzene rings is 3. The topological polar surface area (TPSA) is 38.9 Å². The molecule has 0 N–H and O–H groups in total. The lowest BCUT2D eigenvalue weighted by Crippen LogP contribution is -1.96. The Morgan fingerprint density at radius 2 is 1.66 bits per heavy atom. The van der Waals surface area contributed by atoms with E-state index in [0.29, 0.717) is 0 Å². The van der Waals surface area contributed by atoms with E-state index >= 15 is 0 Å². The Morgan fingerprint density at radius 3 is 2.59 bits per heavy atom. The molecule has 0 unspecified atom stereocenters. The minimum Gasteiger partial charge on any atom is -0.460 e. The van der Waals surface area contributed by atoms with E-state index in [9.17, 15) is 0 Å². The van der Waals surface area contributed by atoms with Crippen LogP contribution in [0, 0.1) is 0 Å². The summed E-state index contributed by atoms with van der Waals surface area (Å²) in [5, 5.41) is 2.19. The molecule has 1 aliphatic rings. The predicted molar refractivity (Wildman–Crippen MR) is 118 cm³/mol. The van der Waals surface area contributed by atoms with E-state index < -0.39 is 0 Å². The zero-order valence-electron chi connectivity index (χ0n) is 15.8. The number of aromatic nitrogens is 2. The number of furan rings is 1. The first-order valence-corrected chi connectivity index (χ1v) is 9.92. The van der Waals surface area contributed by atoms with Crippen LogP contribution >= 0.6 is 0 Å². The van der Waals surface area contributed by atoms with Gasteiger partial charge in [-0.2, -0.15) is 0 Å². The Labute approximate surface area is 168 Å². The van der Waals surface area contributed by atoms with Gasteiger partial charge in [0.1, 0.15) is 11.3 Å². The van der Waals surface area contributed by atoms with Gasteiger partial charge in [-0.15, -0.1) is 0 Å². The minimum atomic E-state index is 0.740. The molecular formula is C26H18N2O. The number of para-hydroxylation sites is 1. The van der Waals surface area contributed by atoms with Gasteiger partial charge in [0.15, 0.2) is 5.82 Å². The van der Waals surface area contributed by atoms with Crippen molar-refractivity contribution < 1.29 is 4.42 Å². The summed E-state index contributed by atoms with van der Waals surface area (Å²) in [6, 6.07) is 24.6. The van der Waals surface area contributed by atoms with Crippen molar-refractivity contribution >= 4 is 27.9 Å². The van der Waals surface area contributed by atoms with Crippen LogP contribution in [0.4, 0.5) is 0 Å². The molecule has 0 radical (unpaired) electrons. The van der Waals surface area contributed by atoms with Crippen LogP contribution in [0.25, 0.3) is 50.6 Å². The van der Waals surface area contributed by atoms with Crippen LogP contribution in [0.1, 0.15) is 17.7 Å². The van der Waals surface area contributed by atoms with E-state index in [2.05, 4.69) is 48.6 Å². The fraction of sp³-hybridized carbons (Fsp3) is 0.0769. The highest BCUT2D eigenvalue weighted by Gasteiger charge is 2.20. The summed E-state index contributed by atoms with van der Waals surface area (Å²) in [7, 11) is 0. The van der Waals surface area contributed by atoms with E-state index in [1.54, 1.807) is 0 Å². The molecule has 2 aromatic heterocycles. The summed E-state index contributed by atoms with van der Waals surface area (Å²) in [5.41, 5.74) is 6.10. The van der Waals surface area contributed by atoms with Crippen molar-refractivity contribution in [1.29, 1.82) is 0 Å². The normalized spacial score (nSPS) is 13.1. The number of rotatable bonds is 2. The molecule has 1 aliphatic carbocycles. The van der Waals surface area contributed by atoms with E-state index in [1.165, 1.54) is 5.56 Å². The SMILES string of the molecule is C1=Cc2c(oc3cccc(-c4nc(-c5ccccc5)nc5ccccc45)c23)CC1. The van der Waals surface area contributed by atoms with Crippen molar-refractivity contribution in [3.63, 3.8) is 0 Å². The Hall–Kier alpha value is -3.72. The number of aryl methyl sites for hydroxylation is 1. The molecule has 3 nitrogen and oxygen atoms in total.